The zero-order valence-corrected chi connectivity index (χ0v) is 15.2. The zero-order valence-electron chi connectivity index (χ0n) is 13.6. The number of hydrogen-bond acceptors (Lipinski definition) is 2. The van der Waals surface area contributed by atoms with Crippen molar-refractivity contribution in [3.8, 4) is 0 Å². The number of rotatable bonds is 5. The predicted molar refractivity (Wildman–Crippen MR) is 102 cm³/mol. The number of amides is 1. The van der Waals surface area contributed by atoms with Crippen LogP contribution in [0.15, 0.2) is 48.5 Å². The van der Waals surface area contributed by atoms with Gasteiger partial charge in [0, 0.05) is 5.56 Å². The molecule has 0 saturated carbocycles. The normalized spacial score (nSPS) is 10.7. The summed E-state index contributed by atoms with van der Waals surface area (Å²) in [5.74, 6) is -0.246. The molecule has 0 saturated heterocycles. The molecule has 1 heterocycles. The average molecular weight is 374 g/mol. The molecule has 3 aromatic rings. The molecule has 0 fully saturated rings. The first kappa shape index (κ1) is 17.5. The molecule has 0 aliphatic heterocycles. The second-order valence-electron chi connectivity index (χ2n) is 5.74. The van der Waals surface area contributed by atoms with Crippen LogP contribution >= 0.6 is 23.2 Å². The molecule has 1 amide bonds. The van der Waals surface area contributed by atoms with E-state index in [0.717, 1.165) is 24.2 Å². The molecule has 0 spiro atoms. The van der Waals surface area contributed by atoms with Crippen molar-refractivity contribution in [3.05, 3.63) is 81.1 Å². The summed E-state index contributed by atoms with van der Waals surface area (Å²) in [6, 6.07) is 15.0. The van der Waals surface area contributed by atoms with E-state index in [4.69, 9.17) is 23.2 Å². The molecule has 4 nitrogen and oxygen atoms in total. The van der Waals surface area contributed by atoms with Crippen LogP contribution in [0, 0.1) is 6.92 Å². The summed E-state index contributed by atoms with van der Waals surface area (Å²) in [6.07, 6.45) is 1.58. The highest BCUT2D eigenvalue weighted by Crippen LogP contribution is 2.24. The minimum Gasteiger partial charge on any atom is -0.319 e. The number of aromatic amines is 1. The van der Waals surface area contributed by atoms with Gasteiger partial charge in [-0.1, -0.05) is 53.5 Å². The molecule has 0 aliphatic carbocycles. The number of nitrogens with one attached hydrogen (secondary N) is 2. The molecular formula is C19H17Cl2N3O. The molecule has 6 heteroatoms. The lowest BCUT2D eigenvalue weighted by Crippen LogP contribution is -2.13. The minimum absolute atomic E-state index is 0.246. The number of anilines is 1. The van der Waals surface area contributed by atoms with Crippen LogP contribution in [0.3, 0.4) is 0 Å². The number of hydrogen-bond donors (Lipinski definition) is 2. The average Bonchev–Trinajstić information content (AvgIpc) is 2.96. The van der Waals surface area contributed by atoms with E-state index in [1.807, 2.05) is 25.1 Å². The van der Waals surface area contributed by atoms with E-state index in [2.05, 4.69) is 27.6 Å². The third-order valence-corrected chi connectivity index (χ3v) is 4.67. The van der Waals surface area contributed by atoms with Crippen LogP contribution in [-0.2, 0) is 12.8 Å². The Balaban J connectivity index is 1.74. The zero-order chi connectivity index (χ0) is 17.8. The summed E-state index contributed by atoms with van der Waals surface area (Å²) >= 11 is 11.9. The second kappa shape index (κ2) is 7.72. The highest BCUT2D eigenvalue weighted by atomic mass is 35.5. The molecule has 128 valence electrons. The van der Waals surface area contributed by atoms with Gasteiger partial charge in [-0.05, 0) is 43.5 Å². The first-order valence-electron chi connectivity index (χ1n) is 7.89. The van der Waals surface area contributed by atoms with E-state index in [0.29, 0.717) is 21.3 Å². The fourth-order valence-corrected chi connectivity index (χ4v) is 2.85. The second-order valence-corrected chi connectivity index (χ2v) is 6.55. The number of nitrogens with zero attached hydrogens (tertiary/aromatic N) is 1. The van der Waals surface area contributed by atoms with Gasteiger partial charge in [-0.15, -0.1) is 0 Å². The van der Waals surface area contributed by atoms with Gasteiger partial charge in [-0.3, -0.25) is 9.89 Å². The molecule has 25 heavy (non-hydrogen) atoms. The molecule has 0 unspecified atom stereocenters. The van der Waals surface area contributed by atoms with Gasteiger partial charge in [0.2, 0.25) is 0 Å². The third-order valence-electron chi connectivity index (χ3n) is 3.94. The Kier molecular flexibility index (Phi) is 5.41. The van der Waals surface area contributed by atoms with Gasteiger partial charge >= 0.3 is 0 Å². The predicted octanol–water partition coefficient (Wildman–Crippen LogP) is 5.06. The minimum atomic E-state index is -0.246. The molecule has 0 bridgehead atoms. The standard InChI is InChI=1S/C19H17Cl2N3O/c1-12-18(22-19(25)14-8-9-15(20)16(21)11-14)17(24-23-12)10-7-13-5-3-2-4-6-13/h2-6,8-9,11H,7,10H2,1H3,(H,22,25)(H,23,24). The van der Waals surface area contributed by atoms with Crippen LogP contribution in [0.5, 0.6) is 0 Å². The van der Waals surface area contributed by atoms with E-state index in [9.17, 15) is 4.79 Å². The van der Waals surface area contributed by atoms with Crippen molar-refractivity contribution in [3.63, 3.8) is 0 Å². The summed E-state index contributed by atoms with van der Waals surface area (Å²) in [6.45, 7) is 1.88. The third kappa shape index (κ3) is 4.21. The Morgan fingerprint density at radius 2 is 1.84 bits per heavy atom. The fraction of sp³-hybridized carbons (Fsp3) is 0.158. The molecule has 0 aliphatic rings. The van der Waals surface area contributed by atoms with Crippen LogP contribution in [0.2, 0.25) is 10.0 Å². The Bertz CT molecular complexity index is 891. The van der Waals surface area contributed by atoms with Crippen LogP contribution in [0.25, 0.3) is 0 Å². The maximum absolute atomic E-state index is 12.5. The topological polar surface area (TPSA) is 57.8 Å². The van der Waals surface area contributed by atoms with Crippen molar-refractivity contribution in [2.75, 3.05) is 5.32 Å². The maximum Gasteiger partial charge on any atom is 0.255 e. The SMILES string of the molecule is Cc1[nH]nc(CCc2ccccc2)c1NC(=O)c1ccc(Cl)c(Cl)c1. The fourth-order valence-electron chi connectivity index (χ4n) is 2.56. The van der Waals surface area contributed by atoms with E-state index in [1.165, 1.54) is 5.56 Å². The number of benzene rings is 2. The van der Waals surface area contributed by atoms with E-state index < -0.39 is 0 Å². The van der Waals surface area contributed by atoms with Crippen LogP contribution < -0.4 is 5.32 Å². The van der Waals surface area contributed by atoms with Crippen LogP contribution in [0.4, 0.5) is 5.69 Å². The number of aromatic nitrogens is 2. The van der Waals surface area contributed by atoms with Crippen molar-refractivity contribution in [2.24, 2.45) is 0 Å². The number of H-pyrrole nitrogens is 1. The van der Waals surface area contributed by atoms with Crippen molar-refractivity contribution >= 4 is 34.8 Å². The smallest absolute Gasteiger partial charge is 0.255 e. The molecule has 2 aromatic carbocycles. The van der Waals surface area contributed by atoms with E-state index in [1.54, 1.807) is 18.2 Å². The Morgan fingerprint density at radius 1 is 1.08 bits per heavy atom. The monoisotopic (exact) mass is 373 g/mol. The van der Waals surface area contributed by atoms with Gasteiger partial charge in [-0.25, -0.2) is 0 Å². The maximum atomic E-state index is 12.5. The molecule has 3 rings (SSSR count). The first-order valence-corrected chi connectivity index (χ1v) is 8.64. The van der Waals surface area contributed by atoms with Crippen molar-refractivity contribution < 1.29 is 4.79 Å². The number of carbonyl (C=O) groups excluding carboxylic acids is 1. The summed E-state index contributed by atoms with van der Waals surface area (Å²) in [4.78, 5) is 12.5. The number of aryl methyl sites for hydroxylation is 3. The lowest BCUT2D eigenvalue weighted by Gasteiger charge is -2.08. The number of halogens is 2. The van der Waals surface area contributed by atoms with Gasteiger partial charge in [0.15, 0.2) is 0 Å². The Morgan fingerprint density at radius 3 is 2.56 bits per heavy atom. The largest absolute Gasteiger partial charge is 0.319 e. The molecule has 0 atom stereocenters. The Labute approximate surface area is 156 Å². The van der Waals surface area contributed by atoms with Crippen molar-refractivity contribution in [1.82, 2.24) is 10.2 Å². The summed E-state index contributed by atoms with van der Waals surface area (Å²) < 4.78 is 0. The van der Waals surface area contributed by atoms with Gasteiger partial charge in [0.05, 0.1) is 27.1 Å². The van der Waals surface area contributed by atoms with E-state index in [-0.39, 0.29) is 5.91 Å². The van der Waals surface area contributed by atoms with Gasteiger partial charge in [0.1, 0.15) is 0 Å². The van der Waals surface area contributed by atoms with Gasteiger partial charge in [0.25, 0.3) is 5.91 Å². The lowest BCUT2D eigenvalue weighted by atomic mass is 10.1. The van der Waals surface area contributed by atoms with E-state index >= 15 is 0 Å². The quantitative estimate of drug-likeness (QED) is 0.656. The molecule has 0 radical (unpaired) electrons. The van der Waals surface area contributed by atoms with Gasteiger partial charge in [-0.2, -0.15) is 5.10 Å². The molecule has 2 N–H and O–H groups in total. The first-order chi connectivity index (χ1) is 12.0. The summed E-state index contributed by atoms with van der Waals surface area (Å²) in [7, 11) is 0. The highest BCUT2D eigenvalue weighted by Gasteiger charge is 2.15. The summed E-state index contributed by atoms with van der Waals surface area (Å²) in [5, 5.41) is 11.0. The van der Waals surface area contributed by atoms with Crippen LogP contribution in [-0.4, -0.2) is 16.1 Å². The molecule has 1 aromatic heterocycles. The molecular weight excluding hydrogens is 357 g/mol. The summed E-state index contributed by atoms with van der Waals surface area (Å²) in [5.41, 5.74) is 4.03. The van der Waals surface area contributed by atoms with Crippen molar-refractivity contribution in [1.29, 1.82) is 0 Å². The van der Waals surface area contributed by atoms with Gasteiger partial charge < -0.3 is 5.32 Å². The Hall–Kier alpha value is -2.30. The van der Waals surface area contributed by atoms with Crippen LogP contribution in [0.1, 0.15) is 27.3 Å². The highest BCUT2D eigenvalue weighted by molar-refractivity contribution is 6.42. The lowest BCUT2D eigenvalue weighted by molar-refractivity contribution is 0.102. The van der Waals surface area contributed by atoms with Crippen molar-refractivity contribution in [2.45, 2.75) is 19.8 Å². The number of carbonyl (C=O) groups is 1.